The number of imidazole rings is 1. The van der Waals surface area contributed by atoms with Crippen LogP contribution in [0.15, 0.2) is 18.2 Å². The molecule has 0 atom stereocenters. The highest BCUT2D eigenvalue weighted by atomic mass is 19.2. The summed E-state index contributed by atoms with van der Waals surface area (Å²) in [5, 5.41) is 5.35. The molecule has 0 saturated carbocycles. The van der Waals surface area contributed by atoms with Gasteiger partial charge >= 0.3 is 0 Å². The summed E-state index contributed by atoms with van der Waals surface area (Å²) in [6.45, 7) is 3.20. The molecule has 27 heavy (non-hydrogen) atoms. The van der Waals surface area contributed by atoms with Crippen molar-refractivity contribution < 1.29 is 18.4 Å². The molecule has 0 aliphatic carbocycles. The Labute approximate surface area is 156 Å². The molecule has 1 aromatic heterocycles. The zero-order valence-electron chi connectivity index (χ0n) is 15.1. The van der Waals surface area contributed by atoms with Crippen molar-refractivity contribution in [3.05, 3.63) is 47.0 Å². The van der Waals surface area contributed by atoms with E-state index < -0.39 is 17.5 Å². The number of hydrogen-bond donors (Lipinski definition) is 2. The number of fused-ring (bicyclic) bond motifs is 1. The minimum atomic E-state index is -1.05. The highest BCUT2D eigenvalue weighted by Gasteiger charge is 2.27. The van der Waals surface area contributed by atoms with Crippen molar-refractivity contribution >= 4 is 17.5 Å². The van der Waals surface area contributed by atoms with Gasteiger partial charge in [-0.1, -0.05) is 13.3 Å². The molecule has 6 nitrogen and oxygen atoms in total. The summed E-state index contributed by atoms with van der Waals surface area (Å²) < 4.78 is 28.2. The maximum absolute atomic E-state index is 13.4. The number of halogens is 2. The first-order chi connectivity index (χ1) is 13.0. The summed E-state index contributed by atoms with van der Waals surface area (Å²) in [4.78, 5) is 29.4. The summed E-state index contributed by atoms with van der Waals surface area (Å²) in [7, 11) is 0. The lowest BCUT2D eigenvalue weighted by molar-refractivity contribution is 0.0937. The van der Waals surface area contributed by atoms with Crippen LogP contribution in [-0.2, 0) is 13.0 Å². The Hall–Kier alpha value is -2.77. The molecule has 0 spiro atoms. The van der Waals surface area contributed by atoms with Gasteiger partial charge < -0.3 is 15.2 Å². The summed E-state index contributed by atoms with van der Waals surface area (Å²) in [5.74, 6) is -2.66. The van der Waals surface area contributed by atoms with Gasteiger partial charge in [-0.2, -0.15) is 0 Å². The Bertz CT molecular complexity index is 864. The first-order valence-corrected chi connectivity index (χ1v) is 9.15. The minimum Gasteiger partial charge on any atom is -0.349 e. The van der Waals surface area contributed by atoms with Crippen LogP contribution in [0, 0.1) is 11.6 Å². The van der Waals surface area contributed by atoms with Crippen LogP contribution in [0.4, 0.5) is 14.5 Å². The normalized spacial score (nSPS) is 13.1. The fourth-order valence-electron chi connectivity index (χ4n) is 3.12. The van der Waals surface area contributed by atoms with Crippen LogP contribution in [0.2, 0.25) is 0 Å². The van der Waals surface area contributed by atoms with Gasteiger partial charge in [-0.15, -0.1) is 0 Å². The van der Waals surface area contributed by atoms with Gasteiger partial charge in [0.05, 0.1) is 5.69 Å². The number of unbranched alkanes of at least 4 members (excludes halogenated alkanes) is 1. The Kier molecular flexibility index (Phi) is 5.83. The average Bonchev–Trinajstić information content (AvgIpc) is 3.05. The zero-order valence-corrected chi connectivity index (χ0v) is 15.1. The largest absolute Gasteiger partial charge is 0.349 e. The fraction of sp³-hybridized carbons (Fsp3) is 0.421. The van der Waals surface area contributed by atoms with Crippen molar-refractivity contribution in [2.45, 2.75) is 45.6 Å². The smallest absolute Gasteiger partial charge is 0.287 e. The van der Waals surface area contributed by atoms with Crippen LogP contribution >= 0.6 is 0 Å². The lowest BCUT2D eigenvalue weighted by atomic mass is 10.1. The van der Waals surface area contributed by atoms with Gasteiger partial charge in [-0.25, -0.2) is 13.8 Å². The number of nitrogens with zero attached hydrogens (tertiary/aromatic N) is 2. The van der Waals surface area contributed by atoms with E-state index in [4.69, 9.17) is 0 Å². The number of hydrogen-bond acceptors (Lipinski definition) is 3. The van der Waals surface area contributed by atoms with Gasteiger partial charge in [-0.05, 0) is 37.8 Å². The molecule has 144 valence electrons. The van der Waals surface area contributed by atoms with E-state index in [2.05, 4.69) is 15.6 Å². The van der Waals surface area contributed by atoms with Gasteiger partial charge in [0.25, 0.3) is 11.8 Å². The van der Waals surface area contributed by atoms with E-state index in [1.54, 1.807) is 4.57 Å². The third-order valence-electron chi connectivity index (χ3n) is 4.53. The van der Waals surface area contributed by atoms with Crippen LogP contribution in [0.1, 0.15) is 59.4 Å². The molecule has 0 unspecified atom stereocenters. The van der Waals surface area contributed by atoms with Crippen LogP contribution in [-0.4, -0.2) is 27.9 Å². The highest BCUT2D eigenvalue weighted by Crippen LogP contribution is 2.22. The highest BCUT2D eigenvalue weighted by molar-refractivity contribution is 6.05. The van der Waals surface area contributed by atoms with Crippen molar-refractivity contribution in [3.8, 4) is 0 Å². The zero-order chi connectivity index (χ0) is 19.4. The second kappa shape index (κ2) is 8.28. The predicted octanol–water partition coefficient (Wildman–Crippen LogP) is 3.28. The number of carbonyl (C=O) groups excluding carboxylic acids is 2. The average molecular weight is 376 g/mol. The first kappa shape index (κ1) is 19.0. The maximum Gasteiger partial charge on any atom is 0.287 e. The number of nitrogens with one attached hydrogen (secondary N) is 2. The van der Waals surface area contributed by atoms with Crippen LogP contribution < -0.4 is 10.6 Å². The molecule has 3 rings (SSSR count). The number of rotatable bonds is 6. The lowest BCUT2D eigenvalue weighted by Gasteiger charge is -2.17. The number of amides is 2. The van der Waals surface area contributed by atoms with Gasteiger partial charge in [0.15, 0.2) is 23.2 Å². The fourth-order valence-corrected chi connectivity index (χ4v) is 3.12. The lowest BCUT2D eigenvalue weighted by Crippen LogP contribution is -2.28. The third kappa shape index (κ3) is 4.15. The molecule has 2 aromatic rings. The summed E-state index contributed by atoms with van der Waals surface area (Å²) in [6, 6.07) is 3.13. The molecule has 2 heterocycles. The predicted molar refractivity (Wildman–Crippen MR) is 96.7 cm³/mol. The van der Waals surface area contributed by atoms with E-state index in [9.17, 15) is 18.4 Å². The monoisotopic (exact) mass is 376 g/mol. The summed E-state index contributed by atoms with van der Waals surface area (Å²) in [6.07, 6.45) is 4.26. The van der Waals surface area contributed by atoms with Gasteiger partial charge in [0.2, 0.25) is 0 Å². The molecule has 0 radical (unpaired) electrons. The molecule has 0 bridgehead atoms. The third-order valence-corrected chi connectivity index (χ3v) is 4.53. The molecule has 1 aliphatic rings. The Morgan fingerprint density at radius 3 is 2.74 bits per heavy atom. The standard InChI is InChI=1S/C19H22F2N4O2/c1-2-3-9-22-19(27)17-24-16(15-6-4-5-10-25(15)17)18(26)23-12-7-8-13(20)14(21)11-12/h7-8,11H,2-6,9-10H2,1H3,(H,22,27)(H,23,26). The van der Waals surface area contributed by atoms with Crippen LogP contribution in [0.25, 0.3) is 0 Å². The second-order valence-electron chi connectivity index (χ2n) is 6.53. The van der Waals surface area contributed by atoms with E-state index in [-0.39, 0.29) is 23.1 Å². The number of benzene rings is 1. The molecule has 0 fully saturated rings. The molecule has 1 aromatic carbocycles. The van der Waals surface area contributed by atoms with Crippen LogP contribution in [0.5, 0.6) is 0 Å². The van der Waals surface area contributed by atoms with Crippen molar-refractivity contribution in [1.29, 1.82) is 0 Å². The molecule has 2 N–H and O–H groups in total. The van der Waals surface area contributed by atoms with Gasteiger partial charge in [0.1, 0.15) is 0 Å². The molecule has 1 aliphatic heterocycles. The number of carbonyl (C=O) groups is 2. The topological polar surface area (TPSA) is 76.0 Å². The van der Waals surface area contributed by atoms with E-state index in [0.717, 1.165) is 37.8 Å². The van der Waals surface area contributed by atoms with Crippen molar-refractivity contribution in [2.24, 2.45) is 0 Å². The van der Waals surface area contributed by atoms with E-state index in [1.165, 1.54) is 6.07 Å². The molecular weight excluding hydrogens is 354 g/mol. The molecule has 8 heteroatoms. The summed E-state index contributed by atoms with van der Waals surface area (Å²) in [5.41, 5.74) is 0.979. The number of anilines is 1. The SMILES string of the molecule is CCCCNC(=O)c1nc(C(=O)Nc2ccc(F)c(F)c2)c2n1CCCC2. The van der Waals surface area contributed by atoms with Gasteiger partial charge in [-0.3, -0.25) is 9.59 Å². The Morgan fingerprint density at radius 2 is 2.00 bits per heavy atom. The maximum atomic E-state index is 13.4. The van der Waals surface area contributed by atoms with Crippen molar-refractivity contribution in [2.75, 3.05) is 11.9 Å². The van der Waals surface area contributed by atoms with Crippen molar-refractivity contribution in [1.82, 2.24) is 14.9 Å². The number of aromatic nitrogens is 2. The van der Waals surface area contributed by atoms with Gasteiger partial charge in [0, 0.05) is 24.8 Å². The summed E-state index contributed by atoms with van der Waals surface area (Å²) >= 11 is 0. The Balaban J connectivity index is 1.85. The quantitative estimate of drug-likeness (QED) is 0.760. The Morgan fingerprint density at radius 1 is 1.19 bits per heavy atom. The van der Waals surface area contributed by atoms with E-state index in [0.29, 0.717) is 25.2 Å². The van der Waals surface area contributed by atoms with Crippen molar-refractivity contribution in [3.63, 3.8) is 0 Å². The molecular formula is C19H22F2N4O2. The molecule has 0 saturated heterocycles. The minimum absolute atomic E-state index is 0.130. The van der Waals surface area contributed by atoms with Crippen LogP contribution in [0.3, 0.4) is 0 Å². The van der Waals surface area contributed by atoms with E-state index >= 15 is 0 Å². The molecule has 2 amide bonds. The second-order valence-corrected chi connectivity index (χ2v) is 6.53. The van der Waals surface area contributed by atoms with E-state index in [1.807, 2.05) is 6.92 Å². The first-order valence-electron chi connectivity index (χ1n) is 9.15.